The van der Waals surface area contributed by atoms with Gasteiger partial charge in [-0.15, -0.1) is 10.2 Å². The highest BCUT2D eigenvalue weighted by Gasteiger charge is 2.10. The van der Waals surface area contributed by atoms with Gasteiger partial charge >= 0.3 is 0 Å². The van der Waals surface area contributed by atoms with Gasteiger partial charge in [-0.2, -0.15) is 0 Å². The first-order chi connectivity index (χ1) is 8.52. The normalized spacial score (nSPS) is 11.4. The van der Waals surface area contributed by atoms with Crippen LogP contribution in [0.25, 0.3) is 11.5 Å². The average molecular weight is 267 g/mol. The highest BCUT2D eigenvalue weighted by atomic mass is 32.2. The highest BCUT2D eigenvalue weighted by molar-refractivity contribution is 7.92. The van der Waals surface area contributed by atoms with E-state index in [1.54, 1.807) is 25.1 Å². The van der Waals surface area contributed by atoms with Crippen LogP contribution in [0, 0.1) is 6.92 Å². The molecule has 1 N–H and O–H groups in total. The minimum atomic E-state index is -3.26. The van der Waals surface area contributed by atoms with Gasteiger partial charge < -0.3 is 4.42 Å². The van der Waals surface area contributed by atoms with Gasteiger partial charge in [0.15, 0.2) is 0 Å². The Morgan fingerprint density at radius 3 is 2.72 bits per heavy atom. The average Bonchev–Trinajstić information content (AvgIpc) is 2.85. The molecule has 0 saturated heterocycles. The van der Waals surface area contributed by atoms with Crippen LogP contribution in [-0.4, -0.2) is 24.4 Å². The van der Waals surface area contributed by atoms with E-state index in [-0.39, 0.29) is 5.75 Å². The van der Waals surface area contributed by atoms with Crippen molar-refractivity contribution in [3.8, 4) is 11.5 Å². The number of aromatic nitrogens is 2. The molecule has 0 fully saturated rings. The lowest BCUT2D eigenvalue weighted by atomic mass is 10.1. The third-order valence-electron chi connectivity index (χ3n) is 2.48. The van der Waals surface area contributed by atoms with Crippen LogP contribution in [0.5, 0.6) is 0 Å². The molecule has 0 spiro atoms. The Balaban J connectivity index is 2.32. The molecule has 0 unspecified atom stereocenters. The summed E-state index contributed by atoms with van der Waals surface area (Å²) in [7, 11) is -3.26. The molecule has 0 amide bonds. The smallest absolute Gasteiger partial charge is 0.247 e. The number of nitrogens with zero attached hydrogens (tertiary/aromatic N) is 2. The predicted molar refractivity (Wildman–Crippen MR) is 67.6 cm³/mol. The van der Waals surface area contributed by atoms with E-state index < -0.39 is 10.0 Å². The van der Waals surface area contributed by atoms with Crippen molar-refractivity contribution in [2.24, 2.45) is 0 Å². The van der Waals surface area contributed by atoms with Gasteiger partial charge in [0.2, 0.25) is 22.3 Å². The van der Waals surface area contributed by atoms with Crippen LogP contribution < -0.4 is 4.72 Å². The molecule has 1 aromatic heterocycles. The van der Waals surface area contributed by atoms with E-state index in [1.165, 1.54) is 6.39 Å². The van der Waals surface area contributed by atoms with Crippen LogP contribution in [0.3, 0.4) is 0 Å². The molecule has 0 aliphatic carbocycles. The van der Waals surface area contributed by atoms with Gasteiger partial charge in [-0.05, 0) is 37.6 Å². The summed E-state index contributed by atoms with van der Waals surface area (Å²) in [6.07, 6.45) is 1.25. The number of hydrogen-bond acceptors (Lipinski definition) is 5. The van der Waals surface area contributed by atoms with Crippen molar-refractivity contribution in [2.75, 3.05) is 10.5 Å². The SMILES string of the molecule is CCS(=O)(=O)Nc1ccc(-c2nnco2)cc1C. The molecule has 96 valence electrons. The molecule has 2 rings (SSSR count). The van der Waals surface area contributed by atoms with E-state index in [9.17, 15) is 8.42 Å². The summed E-state index contributed by atoms with van der Waals surface area (Å²) in [6.45, 7) is 3.40. The molecule has 0 radical (unpaired) electrons. The number of anilines is 1. The molecule has 7 heteroatoms. The lowest BCUT2D eigenvalue weighted by Crippen LogP contribution is -2.15. The van der Waals surface area contributed by atoms with E-state index in [4.69, 9.17) is 4.42 Å². The summed E-state index contributed by atoms with van der Waals surface area (Å²) in [5.41, 5.74) is 2.10. The van der Waals surface area contributed by atoms with Gasteiger partial charge in [-0.3, -0.25) is 4.72 Å². The van der Waals surface area contributed by atoms with Gasteiger partial charge in [0.05, 0.1) is 11.4 Å². The molecular formula is C11H13N3O3S. The summed E-state index contributed by atoms with van der Waals surface area (Å²) in [5, 5.41) is 7.39. The number of rotatable bonds is 4. The molecule has 6 nitrogen and oxygen atoms in total. The van der Waals surface area contributed by atoms with E-state index in [2.05, 4.69) is 14.9 Å². The Hall–Kier alpha value is -1.89. The van der Waals surface area contributed by atoms with Crippen molar-refractivity contribution in [3.05, 3.63) is 30.2 Å². The van der Waals surface area contributed by atoms with E-state index >= 15 is 0 Å². The summed E-state index contributed by atoms with van der Waals surface area (Å²) in [6, 6.07) is 5.21. The lowest BCUT2D eigenvalue weighted by molar-refractivity contribution is 0.568. The fraction of sp³-hybridized carbons (Fsp3) is 0.273. The molecule has 18 heavy (non-hydrogen) atoms. The molecule has 0 saturated carbocycles. The Kier molecular flexibility index (Phi) is 3.33. The summed E-state index contributed by atoms with van der Waals surface area (Å²) < 4.78 is 30.6. The second kappa shape index (κ2) is 4.77. The minimum Gasteiger partial charge on any atom is -0.423 e. The molecule has 1 heterocycles. The number of nitrogens with one attached hydrogen (secondary N) is 1. The van der Waals surface area contributed by atoms with Crippen LogP contribution in [0.2, 0.25) is 0 Å². The van der Waals surface area contributed by atoms with Crippen LogP contribution in [0.15, 0.2) is 29.0 Å². The zero-order valence-electron chi connectivity index (χ0n) is 10.0. The van der Waals surface area contributed by atoms with Gasteiger partial charge in [0, 0.05) is 5.56 Å². The molecule has 0 aliphatic rings. The first-order valence-electron chi connectivity index (χ1n) is 5.39. The second-order valence-electron chi connectivity index (χ2n) is 3.78. The van der Waals surface area contributed by atoms with Gasteiger partial charge in [-0.25, -0.2) is 8.42 Å². The van der Waals surface area contributed by atoms with Crippen molar-refractivity contribution >= 4 is 15.7 Å². The maximum atomic E-state index is 11.5. The van der Waals surface area contributed by atoms with Gasteiger partial charge in [-0.1, -0.05) is 0 Å². The van der Waals surface area contributed by atoms with Crippen LogP contribution in [0.4, 0.5) is 5.69 Å². The molecule has 2 aromatic rings. The van der Waals surface area contributed by atoms with Crippen molar-refractivity contribution in [1.29, 1.82) is 0 Å². The maximum Gasteiger partial charge on any atom is 0.247 e. The fourth-order valence-corrected chi connectivity index (χ4v) is 2.16. The van der Waals surface area contributed by atoms with E-state index in [1.807, 2.05) is 6.92 Å². The largest absolute Gasteiger partial charge is 0.423 e. The van der Waals surface area contributed by atoms with Gasteiger partial charge in [0.25, 0.3) is 0 Å². The minimum absolute atomic E-state index is 0.0395. The summed E-state index contributed by atoms with van der Waals surface area (Å²) in [4.78, 5) is 0. The van der Waals surface area contributed by atoms with Crippen molar-refractivity contribution in [1.82, 2.24) is 10.2 Å². The first kappa shape index (κ1) is 12.6. The number of hydrogen-bond donors (Lipinski definition) is 1. The number of benzene rings is 1. The Morgan fingerprint density at radius 1 is 1.39 bits per heavy atom. The highest BCUT2D eigenvalue weighted by Crippen LogP contribution is 2.23. The van der Waals surface area contributed by atoms with Gasteiger partial charge in [0.1, 0.15) is 0 Å². The zero-order valence-corrected chi connectivity index (χ0v) is 10.9. The van der Waals surface area contributed by atoms with E-state index in [0.717, 1.165) is 11.1 Å². The van der Waals surface area contributed by atoms with Crippen LogP contribution in [0.1, 0.15) is 12.5 Å². The van der Waals surface area contributed by atoms with Crippen molar-refractivity contribution in [3.63, 3.8) is 0 Å². The number of sulfonamides is 1. The topological polar surface area (TPSA) is 85.1 Å². The standard InChI is InChI=1S/C11H13N3O3S/c1-3-18(15,16)14-10-5-4-9(6-8(10)2)11-13-12-7-17-11/h4-7,14H,3H2,1-2H3. The zero-order chi connectivity index (χ0) is 13.2. The predicted octanol–water partition coefficient (Wildman–Crippen LogP) is 1.81. The first-order valence-corrected chi connectivity index (χ1v) is 7.05. The quantitative estimate of drug-likeness (QED) is 0.913. The number of aryl methyl sites for hydroxylation is 1. The Morgan fingerprint density at radius 2 is 2.17 bits per heavy atom. The van der Waals surface area contributed by atoms with Crippen molar-refractivity contribution < 1.29 is 12.8 Å². The maximum absolute atomic E-state index is 11.5. The molecule has 0 atom stereocenters. The third kappa shape index (κ3) is 2.67. The molecular weight excluding hydrogens is 254 g/mol. The fourth-order valence-electron chi connectivity index (χ4n) is 1.45. The Labute approximate surface area is 105 Å². The van der Waals surface area contributed by atoms with Crippen LogP contribution in [-0.2, 0) is 10.0 Å². The molecule has 0 bridgehead atoms. The second-order valence-corrected chi connectivity index (χ2v) is 5.79. The Bertz CT molecular complexity index is 636. The lowest BCUT2D eigenvalue weighted by Gasteiger charge is -2.09. The molecule has 0 aliphatic heterocycles. The third-order valence-corrected chi connectivity index (χ3v) is 3.77. The van der Waals surface area contributed by atoms with E-state index in [0.29, 0.717) is 11.6 Å². The monoisotopic (exact) mass is 267 g/mol. The van der Waals surface area contributed by atoms with Crippen LogP contribution >= 0.6 is 0 Å². The van der Waals surface area contributed by atoms with Crippen molar-refractivity contribution in [2.45, 2.75) is 13.8 Å². The summed E-state index contributed by atoms with van der Waals surface area (Å²) in [5.74, 6) is 0.445. The summed E-state index contributed by atoms with van der Waals surface area (Å²) >= 11 is 0. The molecule has 1 aromatic carbocycles.